The zero-order valence-electron chi connectivity index (χ0n) is 16.2. The molecule has 1 amide bonds. The average Bonchev–Trinajstić information content (AvgIpc) is 3.00. The topological polar surface area (TPSA) is 88.2 Å². The van der Waals surface area contributed by atoms with E-state index in [2.05, 4.69) is 10.3 Å². The summed E-state index contributed by atoms with van der Waals surface area (Å²) in [6.45, 7) is 5.33. The van der Waals surface area contributed by atoms with Crippen molar-refractivity contribution in [3.63, 3.8) is 0 Å². The molecule has 2 aromatic heterocycles. The van der Waals surface area contributed by atoms with Crippen LogP contribution in [0.5, 0.6) is 0 Å². The molecular weight excluding hydrogens is 396 g/mol. The molecule has 0 aliphatic carbocycles. The molecule has 0 saturated heterocycles. The molecule has 0 saturated carbocycles. The van der Waals surface area contributed by atoms with Crippen molar-refractivity contribution in [3.05, 3.63) is 64.4 Å². The Bertz CT molecular complexity index is 1060. The van der Waals surface area contributed by atoms with Crippen LogP contribution >= 0.6 is 11.3 Å². The van der Waals surface area contributed by atoms with Gasteiger partial charge in [0, 0.05) is 10.6 Å². The van der Waals surface area contributed by atoms with Crippen LogP contribution in [-0.4, -0.2) is 22.1 Å². The second kappa shape index (κ2) is 8.26. The van der Waals surface area contributed by atoms with Crippen LogP contribution in [-0.2, 0) is 6.42 Å². The molecule has 8 heteroatoms. The molecule has 0 aliphatic heterocycles. The third kappa shape index (κ3) is 4.60. The molecule has 1 unspecified atom stereocenters. The van der Waals surface area contributed by atoms with Crippen LogP contribution in [0.15, 0.2) is 30.3 Å². The molecule has 3 rings (SSSR count). The summed E-state index contributed by atoms with van der Waals surface area (Å²) in [5.74, 6) is -1.76. The summed E-state index contributed by atoms with van der Waals surface area (Å²) in [6, 6.07) is 7.37. The first-order valence-corrected chi connectivity index (χ1v) is 9.78. The molecule has 0 spiro atoms. The number of primary amides is 1. The van der Waals surface area contributed by atoms with Gasteiger partial charge < -0.3 is 16.2 Å². The molecule has 29 heavy (non-hydrogen) atoms. The van der Waals surface area contributed by atoms with Gasteiger partial charge in [-0.05, 0) is 62.6 Å². The van der Waals surface area contributed by atoms with E-state index in [1.807, 2.05) is 19.9 Å². The van der Waals surface area contributed by atoms with E-state index in [0.29, 0.717) is 16.4 Å². The number of aryl methyl sites for hydroxylation is 2. The Labute approximate surface area is 171 Å². The van der Waals surface area contributed by atoms with E-state index < -0.39 is 23.6 Å². The maximum atomic E-state index is 14.6. The number of thiophene rings is 1. The lowest BCUT2D eigenvalue weighted by atomic mass is 10.0. The number of aliphatic hydroxyl groups excluding tert-OH is 1. The number of nitrogens with two attached hydrogens (primary N) is 1. The molecule has 4 N–H and O–H groups in total. The van der Waals surface area contributed by atoms with Crippen LogP contribution in [0.2, 0.25) is 0 Å². The number of rotatable bonds is 6. The molecule has 0 fully saturated rings. The lowest BCUT2D eigenvalue weighted by molar-refractivity contribution is 0.100. The maximum absolute atomic E-state index is 14.6. The Hall–Kier alpha value is -2.84. The van der Waals surface area contributed by atoms with Crippen molar-refractivity contribution >= 4 is 28.1 Å². The fourth-order valence-corrected chi connectivity index (χ4v) is 4.05. The van der Waals surface area contributed by atoms with Gasteiger partial charge in [-0.1, -0.05) is 6.07 Å². The number of carbonyl (C=O) groups excluding carboxylic acids is 1. The molecule has 0 radical (unpaired) electrons. The summed E-state index contributed by atoms with van der Waals surface area (Å²) in [4.78, 5) is 16.5. The van der Waals surface area contributed by atoms with E-state index >= 15 is 0 Å². The number of amides is 1. The van der Waals surface area contributed by atoms with Crippen LogP contribution < -0.4 is 11.1 Å². The minimum Gasteiger partial charge on any atom is -0.393 e. The van der Waals surface area contributed by atoms with Crippen molar-refractivity contribution in [1.29, 1.82) is 0 Å². The number of aliphatic hydroxyl groups is 1. The second-order valence-corrected chi connectivity index (χ2v) is 7.98. The van der Waals surface area contributed by atoms with Gasteiger partial charge in [-0.2, -0.15) is 0 Å². The SMILES string of the molecule is Cc1ccc(Nc2sc(-c3c(F)cc(CC(C)O)cc3F)cc2C(N)=O)nc1C. The highest BCUT2D eigenvalue weighted by Crippen LogP contribution is 2.39. The number of anilines is 2. The second-order valence-electron chi connectivity index (χ2n) is 6.93. The fourth-order valence-electron chi connectivity index (χ4n) is 2.93. The van der Waals surface area contributed by atoms with Gasteiger partial charge in [0.1, 0.15) is 22.5 Å². The molecule has 152 valence electrons. The Morgan fingerprint density at radius 2 is 1.90 bits per heavy atom. The number of carbonyl (C=O) groups is 1. The number of nitrogens with one attached hydrogen (secondary N) is 1. The molecule has 3 aromatic rings. The van der Waals surface area contributed by atoms with E-state index in [1.165, 1.54) is 18.2 Å². The van der Waals surface area contributed by atoms with E-state index in [-0.39, 0.29) is 22.4 Å². The number of halogens is 2. The van der Waals surface area contributed by atoms with Crippen LogP contribution in [0.25, 0.3) is 10.4 Å². The van der Waals surface area contributed by atoms with Crippen LogP contribution in [0, 0.1) is 25.5 Å². The molecule has 0 aliphatic rings. The van der Waals surface area contributed by atoms with E-state index in [1.54, 1.807) is 13.0 Å². The van der Waals surface area contributed by atoms with Gasteiger partial charge in [0.25, 0.3) is 5.91 Å². The van der Waals surface area contributed by atoms with Crippen LogP contribution in [0.4, 0.5) is 19.6 Å². The maximum Gasteiger partial charge on any atom is 0.251 e. The Morgan fingerprint density at radius 3 is 2.45 bits per heavy atom. The summed E-state index contributed by atoms with van der Waals surface area (Å²) in [5.41, 5.74) is 7.52. The number of hydrogen-bond acceptors (Lipinski definition) is 5. The van der Waals surface area contributed by atoms with Crippen molar-refractivity contribution in [2.75, 3.05) is 5.32 Å². The molecule has 0 bridgehead atoms. The molecule has 2 heterocycles. The highest BCUT2D eigenvalue weighted by molar-refractivity contribution is 7.20. The Morgan fingerprint density at radius 1 is 1.24 bits per heavy atom. The van der Waals surface area contributed by atoms with Gasteiger partial charge in [0.05, 0.1) is 17.2 Å². The third-order valence-electron chi connectivity index (χ3n) is 4.47. The Kier molecular flexibility index (Phi) is 5.95. The smallest absolute Gasteiger partial charge is 0.251 e. The monoisotopic (exact) mass is 417 g/mol. The van der Waals surface area contributed by atoms with Gasteiger partial charge in [-0.25, -0.2) is 13.8 Å². The van der Waals surface area contributed by atoms with Crippen molar-refractivity contribution in [1.82, 2.24) is 4.98 Å². The number of aromatic nitrogens is 1. The quantitative estimate of drug-likeness (QED) is 0.552. The first-order chi connectivity index (χ1) is 13.7. The fraction of sp³-hybridized carbons (Fsp3) is 0.238. The minimum atomic E-state index is -0.770. The molecule has 5 nitrogen and oxygen atoms in total. The van der Waals surface area contributed by atoms with Crippen LogP contribution in [0.1, 0.15) is 34.1 Å². The van der Waals surface area contributed by atoms with Crippen molar-refractivity contribution in [2.24, 2.45) is 5.73 Å². The predicted octanol–water partition coefficient (Wildman–Crippen LogP) is 4.47. The van der Waals surface area contributed by atoms with Gasteiger partial charge in [0.2, 0.25) is 0 Å². The first-order valence-electron chi connectivity index (χ1n) is 8.97. The van der Waals surface area contributed by atoms with E-state index in [4.69, 9.17) is 5.73 Å². The van der Waals surface area contributed by atoms with E-state index in [0.717, 1.165) is 22.6 Å². The highest BCUT2D eigenvalue weighted by atomic mass is 32.1. The highest BCUT2D eigenvalue weighted by Gasteiger charge is 2.21. The van der Waals surface area contributed by atoms with Crippen molar-refractivity contribution in [2.45, 2.75) is 33.3 Å². The normalized spacial score (nSPS) is 12.1. The average molecular weight is 417 g/mol. The standard InChI is InChI=1S/C21H21F2N3O2S/c1-10-4-5-18(25-12(10)3)26-21-14(20(24)28)9-17(29-21)19-15(22)7-13(6-11(2)27)8-16(19)23/h4-5,7-9,11,27H,6H2,1-3H3,(H2,24,28)(H,25,26). The largest absolute Gasteiger partial charge is 0.393 e. The van der Waals surface area contributed by atoms with Gasteiger partial charge in [-0.15, -0.1) is 11.3 Å². The zero-order chi connectivity index (χ0) is 21.3. The number of benzene rings is 1. The van der Waals surface area contributed by atoms with Crippen molar-refractivity contribution in [3.8, 4) is 10.4 Å². The summed E-state index contributed by atoms with van der Waals surface area (Å²) in [6.07, 6.45) is -0.583. The minimum absolute atomic E-state index is 0.122. The van der Waals surface area contributed by atoms with Crippen LogP contribution in [0.3, 0.4) is 0 Å². The summed E-state index contributed by atoms with van der Waals surface area (Å²) in [7, 11) is 0. The number of hydrogen-bond donors (Lipinski definition) is 3. The van der Waals surface area contributed by atoms with Crippen molar-refractivity contribution < 1.29 is 18.7 Å². The summed E-state index contributed by atoms with van der Waals surface area (Å²) in [5, 5.41) is 12.8. The summed E-state index contributed by atoms with van der Waals surface area (Å²) < 4.78 is 29.3. The van der Waals surface area contributed by atoms with Gasteiger partial charge in [0.15, 0.2) is 0 Å². The number of pyridine rings is 1. The van der Waals surface area contributed by atoms with Gasteiger partial charge >= 0.3 is 0 Å². The predicted molar refractivity (Wildman–Crippen MR) is 111 cm³/mol. The lowest BCUT2D eigenvalue weighted by Crippen LogP contribution is -2.11. The first kappa shape index (κ1) is 20.9. The molecule has 1 atom stereocenters. The number of nitrogens with zero attached hydrogens (tertiary/aromatic N) is 1. The zero-order valence-corrected chi connectivity index (χ0v) is 17.0. The third-order valence-corrected chi connectivity index (χ3v) is 5.54. The Balaban J connectivity index is 2.02. The molecular formula is C21H21F2N3O2S. The van der Waals surface area contributed by atoms with E-state index in [9.17, 15) is 18.7 Å². The lowest BCUT2D eigenvalue weighted by Gasteiger charge is -2.08. The molecule has 1 aromatic carbocycles. The summed E-state index contributed by atoms with van der Waals surface area (Å²) >= 11 is 1.01. The van der Waals surface area contributed by atoms with Gasteiger partial charge in [-0.3, -0.25) is 4.79 Å².